The zero-order valence-corrected chi connectivity index (χ0v) is 12.1. The first-order valence-electron chi connectivity index (χ1n) is 5.28. The Kier molecular flexibility index (Phi) is 5.76. The van der Waals surface area contributed by atoms with Crippen molar-refractivity contribution in [1.82, 2.24) is 5.32 Å². The van der Waals surface area contributed by atoms with E-state index in [1.807, 2.05) is 39.1 Å². The molecule has 90 valence electrons. The molecule has 0 aliphatic carbocycles. The Hall–Kier alpha value is -0.0900. The molecular weight excluding hydrogens is 289 g/mol. The van der Waals surface area contributed by atoms with Gasteiger partial charge in [0.05, 0.1) is 18.8 Å². The molecule has 1 aromatic rings. The van der Waals surface area contributed by atoms with Crippen LogP contribution in [-0.2, 0) is 4.74 Å². The fourth-order valence-corrected chi connectivity index (χ4v) is 2.21. The lowest BCUT2D eigenvalue weighted by Gasteiger charge is -2.19. The molecule has 1 atom stereocenters. The normalized spacial score (nSPS) is 13.1. The highest BCUT2D eigenvalue weighted by Crippen LogP contribution is 2.26. The molecule has 0 bridgehead atoms. The van der Waals surface area contributed by atoms with Gasteiger partial charge in [-0.15, -0.1) is 0 Å². The second kappa shape index (κ2) is 6.60. The topological polar surface area (TPSA) is 21.3 Å². The van der Waals surface area contributed by atoms with Gasteiger partial charge in [-0.25, -0.2) is 0 Å². The standard InChI is InChI=1S/C12H17BrClNO/c1-8(2)16-7-12(15-3)10-5-4-9(13)6-11(10)14/h4-6,8,12,15H,7H2,1-3H3. The maximum Gasteiger partial charge on any atom is 0.0665 e. The van der Waals surface area contributed by atoms with E-state index in [1.54, 1.807) is 0 Å². The molecule has 0 aromatic heterocycles. The Labute approximate surface area is 110 Å². The molecule has 0 heterocycles. The van der Waals surface area contributed by atoms with Crippen molar-refractivity contribution in [2.45, 2.75) is 26.0 Å². The van der Waals surface area contributed by atoms with Crippen LogP contribution in [0.15, 0.2) is 22.7 Å². The van der Waals surface area contributed by atoms with Crippen LogP contribution in [0.2, 0.25) is 5.02 Å². The first kappa shape index (κ1) is 14.0. The molecule has 0 radical (unpaired) electrons. The summed E-state index contributed by atoms with van der Waals surface area (Å²) in [5.74, 6) is 0. The van der Waals surface area contributed by atoms with Crippen molar-refractivity contribution in [1.29, 1.82) is 0 Å². The van der Waals surface area contributed by atoms with Gasteiger partial charge in [0.2, 0.25) is 0 Å². The Morgan fingerprint density at radius 3 is 2.62 bits per heavy atom. The predicted molar refractivity (Wildman–Crippen MR) is 72.0 cm³/mol. The minimum atomic E-state index is 0.128. The first-order chi connectivity index (χ1) is 7.54. The van der Waals surface area contributed by atoms with Gasteiger partial charge in [0, 0.05) is 9.50 Å². The predicted octanol–water partition coefficient (Wildman–Crippen LogP) is 3.79. The lowest BCUT2D eigenvalue weighted by atomic mass is 10.1. The number of ether oxygens (including phenoxy) is 1. The minimum Gasteiger partial charge on any atom is -0.377 e. The summed E-state index contributed by atoms with van der Waals surface area (Å²) in [4.78, 5) is 0. The summed E-state index contributed by atoms with van der Waals surface area (Å²) in [7, 11) is 1.91. The van der Waals surface area contributed by atoms with Crippen molar-refractivity contribution in [3.63, 3.8) is 0 Å². The zero-order chi connectivity index (χ0) is 12.1. The van der Waals surface area contributed by atoms with Crippen LogP contribution in [-0.4, -0.2) is 19.8 Å². The number of benzene rings is 1. The molecule has 2 nitrogen and oxygen atoms in total. The quantitative estimate of drug-likeness (QED) is 0.893. The van der Waals surface area contributed by atoms with E-state index >= 15 is 0 Å². The number of rotatable bonds is 5. The van der Waals surface area contributed by atoms with Gasteiger partial charge < -0.3 is 10.1 Å². The van der Waals surface area contributed by atoms with Gasteiger partial charge in [0.25, 0.3) is 0 Å². The van der Waals surface area contributed by atoms with Gasteiger partial charge in [-0.3, -0.25) is 0 Å². The Bertz CT molecular complexity index is 344. The number of halogens is 2. The molecule has 0 saturated heterocycles. The molecule has 1 rings (SSSR count). The van der Waals surface area contributed by atoms with Gasteiger partial charge in [-0.05, 0) is 38.6 Å². The summed E-state index contributed by atoms with van der Waals surface area (Å²) < 4.78 is 6.59. The lowest BCUT2D eigenvalue weighted by Crippen LogP contribution is -2.23. The van der Waals surface area contributed by atoms with E-state index in [-0.39, 0.29) is 12.1 Å². The van der Waals surface area contributed by atoms with Crippen LogP contribution in [0.4, 0.5) is 0 Å². The molecule has 0 saturated carbocycles. The number of likely N-dealkylation sites (N-methyl/N-ethyl adjacent to an activating group) is 1. The Morgan fingerprint density at radius 1 is 1.44 bits per heavy atom. The number of hydrogen-bond acceptors (Lipinski definition) is 2. The van der Waals surface area contributed by atoms with Gasteiger partial charge in [0.15, 0.2) is 0 Å². The van der Waals surface area contributed by atoms with Gasteiger partial charge in [0.1, 0.15) is 0 Å². The fourth-order valence-electron chi connectivity index (χ4n) is 1.40. The van der Waals surface area contributed by atoms with Crippen molar-refractivity contribution in [2.24, 2.45) is 0 Å². The second-order valence-electron chi connectivity index (χ2n) is 3.89. The van der Waals surface area contributed by atoms with Crippen LogP contribution in [0, 0.1) is 0 Å². The first-order valence-corrected chi connectivity index (χ1v) is 6.45. The van der Waals surface area contributed by atoms with Crippen molar-refractivity contribution in [3.05, 3.63) is 33.3 Å². The lowest BCUT2D eigenvalue weighted by molar-refractivity contribution is 0.0626. The third kappa shape index (κ3) is 4.06. The summed E-state index contributed by atoms with van der Waals surface area (Å²) in [5.41, 5.74) is 1.06. The smallest absolute Gasteiger partial charge is 0.0665 e. The summed E-state index contributed by atoms with van der Waals surface area (Å²) in [6.07, 6.45) is 0.227. The van der Waals surface area contributed by atoms with Gasteiger partial charge in [-0.2, -0.15) is 0 Å². The highest BCUT2D eigenvalue weighted by Gasteiger charge is 2.13. The molecule has 0 fully saturated rings. The Morgan fingerprint density at radius 2 is 2.12 bits per heavy atom. The summed E-state index contributed by atoms with van der Waals surface area (Å²) >= 11 is 9.59. The number of hydrogen-bond donors (Lipinski definition) is 1. The van der Waals surface area contributed by atoms with Crippen LogP contribution in [0.25, 0.3) is 0 Å². The van der Waals surface area contributed by atoms with Crippen LogP contribution in [0.3, 0.4) is 0 Å². The van der Waals surface area contributed by atoms with E-state index in [2.05, 4.69) is 21.2 Å². The summed E-state index contributed by atoms with van der Waals surface area (Å²) in [5, 5.41) is 3.96. The van der Waals surface area contributed by atoms with Gasteiger partial charge in [-0.1, -0.05) is 33.6 Å². The van der Waals surface area contributed by atoms with Crippen molar-refractivity contribution in [2.75, 3.05) is 13.7 Å². The minimum absolute atomic E-state index is 0.128. The molecule has 16 heavy (non-hydrogen) atoms. The molecule has 4 heteroatoms. The fraction of sp³-hybridized carbons (Fsp3) is 0.500. The average Bonchev–Trinajstić information content (AvgIpc) is 2.21. The molecule has 1 aromatic carbocycles. The van der Waals surface area contributed by atoms with E-state index in [0.29, 0.717) is 6.61 Å². The SMILES string of the molecule is CNC(COC(C)C)c1ccc(Br)cc1Cl. The molecule has 0 spiro atoms. The third-order valence-electron chi connectivity index (χ3n) is 2.28. The molecule has 1 N–H and O–H groups in total. The highest BCUT2D eigenvalue weighted by atomic mass is 79.9. The van der Waals surface area contributed by atoms with E-state index in [9.17, 15) is 0 Å². The summed E-state index contributed by atoms with van der Waals surface area (Å²) in [6, 6.07) is 6.03. The van der Waals surface area contributed by atoms with Crippen LogP contribution in [0.1, 0.15) is 25.5 Å². The molecule has 1 unspecified atom stereocenters. The van der Waals surface area contributed by atoms with E-state index in [1.165, 1.54) is 0 Å². The number of nitrogens with one attached hydrogen (secondary N) is 1. The maximum absolute atomic E-state index is 6.19. The van der Waals surface area contributed by atoms with Crippen molar-refractivity contribution in [3.8, 4) is 0 Å². The van der Waals surface area contributed by atoms with Crippen LogP contribution < -0.4 is 5.32 Å². The van der Waals surface area contributed by atoms with E-state index < -0.39 is 0 Å². The average molecular weight is 307 g/mol. The molecule has 0 aliphatic heterocycles. The largest absolute Gasteiger partial charge is 0.377 e. The van der Waals surface area contributed by atoms with Gasteiger partial charge >= 0.3 is 0 Å². The zero-order valence-electron chi connectivity index (χ0n) is 9.76. The Balaban J connectivity index is 2.78. The van der Waals surface area contributed by atoms with Crippen molar-refractivity contribution >= 4 is 27.5 Å². The molecule has 0 aliphatic rings. The van der Waals surface area contributed by atoms with Crippen LogP contribution in [0.5, 0.6) is 0 Å². The third-order valence-corrected chi connectivity index (χ3v) is 3.10. The summed E-state index contributed by atoms with van der Waals surface area (Å²) in [6.45, 7) is 4.67. The maximum atomic E-state index is 6.19. The highest BCUT2D eigenvalue weighted by molar-refractivity contribution is 9.10. The van der Waals surface area contributed by atoms with E-state index in [4.69, 9.17) is 16.3 Å². The molecule has 0 amide bonds. The monoisotopic (exact) mass is 305 g/mol. The van der Waals surface area contributed by atoms with Crippen molar-refractivity contribution < 1.29 is 4.74 Å². The molecular formula is C12H17BrClNO. The van der Waals surface area contributed by atoms with E-state index in [0.717, 1.165) is 15.1 Å². The van der Waals surface area contributed by atoms with Crippen LogP contribution >= 0.6 is 27.5 Å². The second-order valence-corrected chi connectivity index (χ2v) is 5.21.